The fraction of sp³-hybridized carbons (Fsp3) is 0.188. The van der Waals surface area contributed by atoms with Crippen LogP contribution in [0.2, 0.25) is 0 Å². The van der Waals surface area contributed by atoms with Gasteiger partial charge in [-0.05, 0) is 18.6 Å². The highest BCUT2D eigenvalue weighted by Gasteiger charge is 2.10. The number of aliphatic hydroxyl groups is 1. The number of para-hydroxylation sites is 1. The van der Waals surface area contributed by atoms with Crippen LogP contribution >= 0.6 is 0 Å². The molecule has 0 aliphatic rings. The number of hydrogen-bond acceptors (Lipinski definition) is 3. The summed E-state index contributed by atoms with van der Waals surface area (Å²) in [7, 11) is 0. The summed E-state index contributed by atoms with van der Waals surface area (Å²) in [4.78, 5) is 0. The summed E-state index contributed by atoms with van der Waals surface area (Å²) in [5.74, 6) is -0.00843. The Balaban J connectivity index is 2.24. The molecule has 0 aliphatic carbocycles. The fourth-order valence-corrected chi connectivity index (χ4v) is 1.97. The first kappa shape index (κ1) is 14.0. The second kappa shape index (κ2) is 6.18. The van der Waals surface area contributed by atoms with Gasteiger partial charge in [-0.15, -0.1) is 0 Å². The van der Waals surface area contributed by atoms with E-state index in [0.29, 0.717) is 16.9 Å². The highest BCUT2D eigenvalue weighted by atomic mass is 19.1. The molecule has 0 bridgehead atoms. The van der Waals surface area contributed by atoms with Crippen molar-refractivity contribution >= 4 is 0 Å². The predicted molar refractivity (Wildman–Crippen MR) is 72.5 cm³/mol. The van der Waals surface area contributed by atoms with Gasteiger partial charge in [-0.2, -0.15) is 5.26 Å². The molecule has 0 fully saturated rings. The molecule has 0 radical (unpaired) electrons. The fourth-order valence-electron chi connectivity index (χ4n) is 1.97. The summed E-state index contributed by atoms with van der Waals surface area (Å²) in [6.07, 6.45) is 0. The van der Waals surface area contributed by atoms with Crippen molar-refractivity contribution in [3.8, 4) is 11.8 Å². The van der Waals surface area contributed by atoms with Crippen LogP contribution in [0.1, 0.15) is 22.3 Å². The van der Waals surface area contributed by atoms with Crippen LogP contribution < -0.4 is 4.74 Å². The number of nitrogens with zero attached hydrogens (tertiary/aromatic N) is 1. The van der Waals surface area contributed by atoms with E-state index in [0.717, 1.165) is 5.56 Å². The van der Waals surface area contributed by atoms with Gasteiger partial charge < -0.3 is 9.84 Å². The lowest BCUT2D eigenvalue weighted by atomic mass is 10.1. The Bertz CT molecular complexity index is 662. The smallest absolute Gasteiger partial charge is 0.147 e. The first-order valence-corrected chi connectivity index (χ1v) is 6.17. The predicted octanol–water partition coefficient (Wildman–Crippen LogP) is 3.08. The summed E-state index contributed by atoms with van der Waals surface area (Å²) < 4.78 is 19.5. The Morgan fingerprint density at radius 1 is 1.20 bits per heavy atom. The van der Waals surface area contributed by atoms with E-state index in [2.05, 4.69) is 0 Å². The number of nitriles is 1. The zero-order chi connectivity index (χ0) is 14.5. The minimum Gasteiger partial charge on any atom is -0.488 e. The van der Waals surface area contributed by atoms with E-state index in [1.54, 1.807) is 24.3 Å². The molecule has 0 spiro atoms. The Morgan fingerprint density at radius 3 is 2.60 bits per heavy atom. The van der Waals surface area contributed by atoms with Gasteiger partial charge in [0, 0.05) is 11.1 Å². The Labute approximate surface area is 116 Å². The highest BCUT2D eigenvalue weighted by molar-refractivity contribution is 5.41. The lowest BCUT2D eigenvalue weighted by Gasteiger charge is -2.13. The zero-order valence-electron chi connectivity index (χ0n) is 11.1. The molecular formula is C16H14FNO2. The van der Waals surface area contributed by atoms with Gasteiger partial charge in [0.1, 0.15) is 24.2 Å². The number of benzene rings is 2. The van der Waals surface area contributed by atoms with Crippen LogP contribution in [0.15, 0.2) is 36.4 Å². The third-order valence-electron chi connectivity index (χ3n) is 3.03. The number of aryl methyl sites for hydroxylation is 1. The summed E-state index contributed by atoms with van der Waals surface area (Å²) in [6.45, 7) is 1.73. The maximum absolute atomic E-state index is 13.9. The van der Waals surface area contributed by atoms with E-state index in [1.165, 1.54) is 6.07 Å². The first-order chi connectivity index (χ1) is 9.67. The normalized spacial score (nSPS) is 10.1. The zero-order valence-corrected chi connectivity index (χ0v) is 11.1. The minimum absolute atomic E-state index is 0.00161. The topological polar surface area (TPSA) is 53.2 Å². The first-order valence-electron chi connectivity index (χ1n) is 6.17. The average Bonchev–Trinajstić information content (AvgIpc) is 2.47. The van der Waals surface area contributed by atoms with E-state index >= 15 is 0 Å². The van der Waals surface area contributed by atoms with Gasteiger partial charge >= 0.3 is 0 Å². The van der Waals surface area contributed by atoms with Gasteiger partial charge in [0.2, 0.25) is 0 Å². The molecule has 0 heterocycles. The molecule has 1 N–H and O–H groups in total. The maximum atomic E-state index is 13.9. The molecule has 0 atom stereocenters. The lowest BCUT2D eigenvalue weighted by molar-refractivity contribution is 0.256. The van der Waals surface area contributed by atoms with Crippen molar-refractivity contribution in [2.75, 3.05) is 0 Å². The van der Waals surface area contributed by atoms with Crippen LogP contribution in [0.3, 0.4) is 0 Å². The van der Waals surface area contributed by atoms with Crippen LogP contribution in [-0.4, -0.2) is 5.11 Å². The molecular weight excluding hydrogens is 257 g/mol. The SMILES string of the molecule is Cc1cccc(CO)c1OCc1cccc(C#N)c1F. The Kier molecular flexibility index (Phi) is 4.34. The molecule has 4 heteroatoms. The second-order valence-electron chi connectivity index (χ2n) is 4.40. The van der Waals surface area contributed by atoms with Gasteiger partial charge in [0.25, 0.3) is 0 Å². The number of rotatable bonds is 4. The number of halogens is 1. The summed E-state index contributed by atoms with van der Waals surface area (Å²) in [5, 5.41) is 18.1. The third-order valence-corrected chi connectivity index (χ3v) is 3.03. The van der Waals surface area contributed by atoms with Crippen LogP contribution in [-0.2, 0) is 13.2 Å². The van der Waals surface area contributed by atoms with Crippen molar-refractivity contribution in [2.45, 2.75) is 20.1 Å². The van der Waals surface area contributed by atoms with Crippen molar-refractivity contribution in [2.24, 2.45) is 0 Å². The number of aliphatic hydroxyl groups excluding tert-OH is 1. The molecule has 0 saturated heterocycles. The van der Waals surface area contributed by atoms with Crippen LogP contribution in [0.5, 0.6) is 5.75 Å². The third kappa shape index (κ3) is 2.79. The number of hydrogen-bond donors (Lipinski definition) is 1. The maximum Gasteiger partial charge on any atom is 0.147 e. The highest BCUT2D eigenvalue weighted by Crippen LogP contribution is 2.25. The molecule has 2 aromatic carbocycles. The minimum atomic E-state index is -0.561. The monoisotopic (exact) mass is 271 g/mol. The molecule has 20 heavy (non-hydrogen) atoms. The molecule has 102 valence electrons. The van der Waals surface area contributed by atoms with Crippen molar-refractivity contribution in [1.82, 2.24) is 0 Å². The Morgan fingerprint density at radius 2 is 1.90 bits per heavy atom. The van der Waals surface area contributed by atoms with E-state index in [1.807, 2.05) is 19.1 Å². The summed E-state index contributed by atoms with van der Waals surface area (Å²) in [5.41, 5.74) is 1.84. The summed E-state index contributed by atoms with van der Waals surface area (Å²) in [6, 6.07) is 11.8. The molecule has 2 rings (SSSR count). The van der Waals surface area contributed by atoms with Crippen LogP contribution in [0.25, 0.3) is 0 Å². The molecule has 0 unspecified atom stereocenters. The van der Waals surface area contributed by atoms with E-state index in [4.69, 9.17) is 10.00 Å². The van der Waals surface area contributed by atoms with Crippen LogP contribution in [0, 0.1) is 24.1 Å². The standard InChI is InChI=1S/C16H14FNO2/c1-11-4-2-6-13(9-19)16(11)20-10-14-7-3-5-12(8-18)15(14)17/h2-7,19H,9-10H2,1H3. The van der Waals surface area contributed by atoms with Crippen molar-refractivity contribution in [3.63, 3.8) is 0 Å². The van der Waals surface area contributed by atoms with Crippen molar-refractivity contribution < 1.29 is 14.2 Å². The van der Waals surface area contributed by atoms with E-state index in [-0.39, 0.29) is 18.8 Å². The van der Waals surface area contributed by atoms with E-state index in [9.17, 15) is 9.50 Å². The van der Waals surface area contributed by atoms with Crippen LogP contribution in [0.4, 0.5) is 4.39 Å². The van der Waals surface area contributed by atoms with E-state index < -0.39 is 5.82 Å². The van der Waals surface area contributed by atoms with Gasteiger partial charge in [0.05, 0.1) is 12.2 Å². The van der Waals surface area contributed by atoms with Gasteiger partial charge in [-0.1, -0.05) is 30.3 Å². The van der Waals surface area contributed by atoms with Crippen molar-refractivity contribution in [3.05, 3.63) is 64.5 Å². The molecule has 0 saturated carbocycles. The van der Waals surface area contributed by atoms with Gasteiger partial charge in [-0.25, -0.2) is 4.39 Å². The molecule has 3 nitrogen and oxygen atoms in total. The molecule has 0 amide bonds. The molecule has 0 aliphatic heterocycles. The largest absolute Gasteiger partial charge is 0.488 e. The van der Waals surface area contributed by atoms with Crippen molar-refractivity contribution in [1.29, 1.82) is 5.26 Å². The Hall–Kier alpha value is -2.38. The number of ether oxygens (including phenoxy) is 1. The van der Waals surface area contributed by atoms with Gasteiger partial charge in [0.15, 0.2) is 0 Å². The molecule has 2 aromatic rings. The quantitative estimate of drug-likeness (QED) is 0.929. The average molecular weight is 271 g/mol. The second-order valence-corrected chi connectivity index (χ2v) is 4.40. The molecule has 0 aromatic heterocycles. The summed E-state index contributed by atoms with van der Waals surface area (Å²) >= 11 is 0. The lowest BCUT2D eigenvalue weighted by Crippen LogP contribution is -2.03. The van der Waals surface area contributed by atoms with Gasteiger partial charge in [-0.3, -0.25) is 0 Å².